The largest absolute Gasteiger partial charge is 0.349 e. The van der Waals surface area contributed by atoms with Crippen LogP contribution in [0.3, 0.4) is 0 Å². The van der Waals surface area contributed by atoms with Crippen molar-refractivity contribution >= 4 is 17.5 Å². The quantitative estimate of drug-likeness (QED) is 0.786. The van der Waals surface area contributed by atoms with Crippen LogP contribution in [0, 0.1) is 0 Å². The second-order valence-corrected chi connectivity index (χ2v) is 3.98. The number of hydrogen-bond acceptors (Lipinski definition) is 2. The van der Waals surface area contributed by atoms with Gasteiger partial charge in [0.2, 0.25) is 5.91 Å². The number of nitrogens with one attached hydrogen (secondary N) is 1. The molecule has 1 aromatic heterocycles. The Morgan fingerprint density at radius 3 is 3.20 bits per heavy atom. The van der Waals surface area contributed by atoms with Gasteiger partial charge in [-0.05, 0) is 25.3 Å². The highest BCUT2D eigenvalue weighted by Crippen LogP contribution is 2.14. The molecule has 0 aromatic carbocycles. The van der Waals surface area contributed by atoms with Gasteiger partial charge in [-0.25, -0.2) is 0 Å². The highest BCUT2D eigenvalue weighted by atomic mass is 35.5. The SMILES string of the molecule is O=C(CCl)NCc1cc2n(n1)CCCC2. The first-order valence-electron chi connectivity index (χ1n) is 5.18. The third kappa shape index (κ3) is 2.50. The zero-order chi connectivity index (χ0) is 10.7. The Hall–Kier alpha value is -1.03. The summed E-state index contributed by atoms with van der Waals surface area (Å²) < 4.78 is 2.03. The number of aromatic nitrogens is 2. The van der Waals surface area contributed by atoms with Gasteiger partial charge in [0.1, 0.15) is 5.88 Å². The number of hydrogen-bond donors (Lipinski definition) is 1. The summed E-state index contributed by atoms with van der Waals surface area (Å²) in [6, 6.07) is 2.06. The Kier molecular flexibility index (Phi) is 3.26. The fraction of sp³-hybridized carbons (Fsp3) is 0.600. The molecule has 15 heavy (non-hydrogen) atoms. The number of rotatable bonds is 3. The number of halogens is 1. The van der Waals surface area contributed by atoms with Crippen LogP contribution in [-0.2, 0) is 24.3 Å². The van der Waals surface area contributed by atoms with Gasteiger partial charge in [0.15, 0.2) is 0 Å². The van der Waals surface area contributed by atoms with Crippen LogP contribution in [0.1, 0.15) is 24.2 Å². The Morgan fingerprint density at radius 1 is 1.60 bits per heavy atom. The summed E-state index contributed by atoms with van der Waals surface area (Å²) in [6.45, 7) is 1.48. The predicted octanol–water partition coefficient (Wildman–Crippen LogP) is 1.07. The minimum Gasteiger partial charge on any atom is -0.349 e. The van der Waals surface area contributed by atoms with Crippen LogP contribution in [0.2, 0.25) is 0 Å². The molecule has 5 heteroatoms. The molecule has 0 aliphatic carbocycles. The molecule has 0 saturated heterocycles. The van der Waals surface area contributed by atoms with Gasteiger partial charge in [0.05, 0.1) is 12.2 Å². The van der Waals surface area contributed by atoms with Gasteiger partial charge in [0, 0.05) is 12.2 Å². The van der Waals surface area contributed by atoms with Gasteiger partial charge in [0.25, 0.3) is 0 Å². The van der Waals surface area contributed by atoms with E-state index in [-0.39, 0.29) is 11.8 Å². The smallest absolute Gasteiger partial charge is 0.235 e. The Morgan fingerprint density at radius 2 is 2.47 bits per heavy atom. The van der Waals surface area contributed by atoms with E-state index in [1.807, 2.05) is 4.68 Å². The van der Waals surface area contributed by atoms with Crippen LogP contribution in [0.25, 0.3) is 0 Å². The number of aryl methyl sites for hydroxylation is 2. The number of fused-ring (bicyclic) bond motifs is 1. The zero-order valence-electron chi connectivity index (χ0n) is 8.50. The number of nitrogens with zero attached hydrogens (tertiary/aromatic N) is 2. The first-order valence-corrected chi connectivity index (χ1v) is 5.71. The topological polar surface area (TPSA) is 46.9 Å². The fourth-order valence-corrected chi connectivity index (χ4v) is 1.89. The number of amides is 1. The molecule has 0 atom stereocenters. The van der Waals surface area contributed by atoms with Crippen LogP contribution in [0.5, 0.6) is 0 Å². The average molecular weight is 228 g/mol. The maximum atomic E-state index is 11.0. The lowest BCUT2D eigenvalue weighted by atomic mass is 10.1. The van der Waals surface area contributed by atoms with Crippen molar-refractivity contribution in [2.75, 3.05) is 5.88 Å². The summed E-state index contributed by atoms with van der Waals surface area (Å²) in [5.41, 5.74) is 2.20. The van der Waals surface area contributed by atoms with Crippen molar-refractivity contribution in [2.24, 2.45) is 0 Å². The molecule has 0 saturated carbocycles. The highest BCUT2D eigenvalue weighted by Gasteiger charge is 2.12. The summed E-state index contributed by atoms with van der Waals surface area (Å²) in [6.07, 6.45) is 3.53. The fourth-order valence-electron chi connectivity index (χ4n) is 1.80. The van der Waals surface area contributed by atoms with E-state index in [1.54, 1.807) is 0 Å². The average Bonchev–Trinajstić information content (AvgIpc) is 2.68. The molecule has 0 bridgehead atoms. The molecular formula is C10H14ClN3O. The van der Waals surface area contributed by atoms with Gasteiger partial charge < -0.3 is 5.32 Å². The van der Waals surface area contributed by atoms with E-state index in [4.69, 9.17) is 11.6 Å². The normalized spacial score (nSPS) is 14.7. The molecule has 1 aliphatic rings. The molecule has 0 spiro atoms. The minimum atomic E-state index is -0.150. The molecule has 1 aromatic rings. The molecule has 2 heterocycles. The van der Waals surface area contributed by atoms with Gasteiger partial charge in [-0.1, -0.05) is 0 Å². The first-order chi connectivity index (χ1) is 7.29. The lowest BCUT2D eigenvalue weighted by molar-refractivity contribution is -0.118. The molecule has 0 fully saturated rings. The third-order valence-corrected chi connectivity index (χ3v) is 2.80. The van der Waals surface area contributed by atoms with Gasteiger partial charge >= 0.3 is 0 Å². The standard InChI is InChI=1S/C10H14ClN3O/c11-6-10(15)12-7-8-5-9-3-1-2-4-14(9)13-8/h5H,1-4,6-7H2,(H,12,15). The lowest BCUT2D eigenvalue weighted by Gasteiger charge is -2.11. The van der Waals surface area contributed by atoms with Crippen LogP contribution in [0.4, 0.5) is 0 Å². The Bertz CT molecular complexity index is 338. The van der Waals surface area contributed by atoms with Crippen molar-refractivity contribution in [1.29, 1.82) is 0 Å². The van der Waals surface area contributed by atoms with Gasteiger partial charge in [-0.3, -0.25) is 9.48 Å². The van der Waals surface area contributed by atoms with Crippen LogP contribution < -0.4 is 5.32 Å². The molecule has 0 radical (unpaired) electrons. The summed E-state index contributed by atoms with van der Waals surface area (Å²) in [5.74, 6) is -0.143. The summed E-state index contributed by atoms with van der Waals surface area (Å²) in [7, 11) is 0. The van der Waals surface area contributed by atoms with E-state index in [2.05, 4.69) is 16.5 Å². The lowest BCUT2D eigenvalue weighted by Crippen LogP contribution is -2.24. The second-order valence-electron chi connectivity index (χ2n) is 3.72. The maximum absolute atomic E-state index is 11.0. The maximum Gasteiger partial charge on any atom is 0.235 e. The minimum absolute atomic E-state index is 0.00751. The summed E-state index contributed by atoms with van der Waals surface area (Å²) in [4.78, 5) is 11.0. The molecule has 1 aliphatic heterocycles. The molecule has 2 rings (SSSR count). The summed E-state index contributed by atoms with van der Waals surface area (Å²) in [5, 5.41) is 7.13. The van der Waals surface area contributed by atoms with Gasteiger partial charge in [-0.15, -0.1) is 11.6 Å². The van der Waals surface area contributed by atoms with Gasteiger partial charge in [-0.2, -0.15) is 5.10 Å². The van der Waals surface area contributed by atoms with E-state index in [9.17, 15) is 4.79 Å². The second kappa shape index (κ2) is 4.66. The van der Waals surface area contributed by atoms with Crippen LogP contribution in [-0.4, -0.2) is 21.6 Å². The number of carbonyl (C=O) groups excluding carboxylic acids is 1. The number of carbonyl (C=O) groups is 1. The molecule has 0 unspecified atom stereocenters. The molecular weight excluding hydrogens is 214 g/mol. The van der Waals surface area contributed by atoms with Crippen molar-refractivity contribution in [3.05, 3.63) is 17.5 Å². The highest BCUT2D eigenvalue weighted by molar-refractivity contribution is 6.27. The number of alkyl halides is 1. The molecule has 1 N–H and O–H groups in total. The van der Waals surface area contributed by atoms with Crippen molar-refractivity contribution in [3.63, 3.8) is 0 Å². The van der Waals surface area contributed by atoms with E-state index >= 15 is 0 Å². The van der Waals surface area contributed by atoms with Crippen LogP contribution >= 0.6 is 11.6 Å². The van der Waals surface area contributed by atoms with Crippen molar-refractivity contribution in [1.82, 2.24) is 15.1 Å². The van der Waals surface area contributed by atoms with Crippen LogP contribution in [0.15, 0.2) is 6.07 Å². The van der Waals surface area contributed by atoms with Crippen molar-refractivity contribution in [2.45, 2.75) is 32.4 Å². The third-order valence-electron chi connectivity index (χ3n) is 2.55. The van der Waals surface area contributed by atoms with E-state index < -0.39 is 0 Å². The van der Waals surface area contributed by atoms with E-state index in [1.165, 1.54) is 18.5 Å². The molecule has 4 nitrogen and oxygen atoms in total. The summed E-state index contributed by atoms with van der Waals surface area (Å²) >= 11 is 5.38. The Balaban J connectivity index is 1.97. The molecule has 1 amide bonds. The van der Waals surface area contributed by atoms with Crippen molar-refractivity contribution in [3.8, 4) is 0 Å². The first kappa shape index (κ1) is 10.5. The van der Waals surface area contributed by atoms with Crippen molar-refractivity contribution < 1.29 is 4.79 Å². The zero-order valence-corrected chi connectivity index (χ0v) is 9.26. The van der Waals surface area contributed by atoms with E-state index in [0.717, 1.165) is 18.7 Å². The van der Waals surface area contributed by atoms with E-state index in [0.29, 0.717) is 6.54 Å². The monoisotopic (exact) mass is 227 g/mol. The Labute approximate surface area is 93.6 Å². The molecule has 82 valence electrons. The predicted molar refractivity (Wildman–Crippen MR) is 57.7 cm³/mol.